The van der Waals surface area contributed by atoms with Crippen LogP contribution in [0, 0.1) is 6.92 Å². The molecule has 0 aliphatic rings. The van der Waals surface area contributed by atoms with Crippen molar-refractivity contribution in [2.45, 2.75) is 46.6 Å². The summed E-state index contributed by atoms with van der Waals surface area (Å²) < 4.78 is 11.1. The van der Waals surface area contributed by atoms with Gasteiger partial charge >= 0.3 is 0 Å². The third kappa shape index (κ3) is 4.75. The summed E-state index contributed by atoms with van der Waals surface area (Å²) >= 11 is 0. The minimum absolute atomic E-state index is 0.122. The summed E-state index contributed by atoms with van der Waals surface area (Å²) in [5.74, 6) is 1.75. The van der Waals surface area contributed by atoms with Crippen molar-refractivity contribution in [3.8, 4) is 11.5 Å². The van der Waals surface area contributed by atoms with Gasteiger partial charge in [-0.15, -0.1) is 0 Å². The van der Waals surface area contributed by atoms with Gasteiger partial charge in [-0.05, 0) is 74.2 Å². The standard InChI is InChI=1S/C21H27NO3/c1-13(2)18-12-19(15(5)11-20(18)24-6)21(23)22-16-7-9-17(10-8-16)25-14(3)4/h7-14H,1-6H3,(H,22,23). The third-order valence-electron chi connectivity index (χ3n) is 3.93. The zero-order valence-corrected chi connectivity index (χ0v) is 15.8. The summed E-state index contributed by atoms with van der Waals surface area (Å²) in [6, 6.07) is 11.2. The molecule has 2 aromatic rings. The fourth-order valence-corrected chi connectivity index (χ4v) is 2.66. The smallest absolute Gasteiger partial charge is 0.255 e. The van der Waals surface area contributed by atoms with E-state index in [0.29, 0.717) is 5.56 Å². The van der Waals surface area contributed by atoms with Crippen LogP contribution in [-0.4, -0.2) is 19.1 Å². The maximum atomic E-state index is 12.7. The molecule has 0 saturated heterocycles. The molecule has 0 aliphatic heterocycles. The molecule has 0 unspecified atom stereocenters. The number of anilines is 1. The van der Waals surface area contributed by atoms with Crippen molar-refractivity contribution < 1.29 is 14.3 Å². The Balaban J connectivity index is 2.21. The van der Waals surface area contributed by atoms with Crippen molar-refractivity contribution >= 4 is 11.6 Å². The van der Waals surface area contributed by atoms with E-state index >= 15 is 0 Å². The largest absolute Gasteiger partial charge is 0.496 e. The van der Waals surface area contributed by atoms with Gasteiger partial charge in [0.25, 0.3) is 5.91 Å². The Hall–Kier alpha value is -2.49. The predicted molar refractivity (Wildman–Crippen MR) is 102 cm³/mol. The number of carbonyl (C=O) groups is 1. The Morgan fingerprint density at radius 1 is 1.04 bits per heavy atom. The van der Waals surface area contributed by atoms with E-state index in [1.807, 2.05) is 57.2 Å². The van der Waals surface area contributed by atoms with Gasteiger partial charge in [-0.1, -0.05) is 13.8 Å². The van der Waals surface area contributed by atoms with Gasteiger partial charge in [-0.25, -0.2) is 0 Å². The zero-order valence-electron chi connectivity index (χ0n) is 15.8. The summed E-state index contributed by atoms with van der Waals surface area (Å²) in [4.78, 5) is 12.7. The summed E-state index contributed by atoms with van der Waals surface area (Å²) in [6.45, 7) is 10.1. The molecule has 0 spiro atoms. The van der Waals surface area contributed by atoms with E-state index in [2.05, 4.69) is 19.2 Å². The Morgan fingerprint density at radius 3 is 2.20 bits per heavy atom. The van der Waals surface area contributed by atoms with Crippen molar-refractivity contribution in [2.24, 2.45) is 0 Å². The van der Waals surface area contributed by atoms with Crippen molar-refractivity contribution in [3.05, 3.63) is 53.1 Å². The summed E-state index contributed by atoms with van der Waals surface area (Å²) in [5.41, 5.74) is 3.31. The Morgan fingerprint density at radius 2 is 1.68 bits per heavy atom. The number of methoxy groups -OCH3 is 1. The molecule has 0 bridgehead atoms. The summed E-state index contributed by atoms with van der Waals surface area (Å²) in [6.07, 6.45) is 0.122. The Bertz CT molecular complexity index is 734. The molecule has 0 radical (unpaired) electrons. The minimum Gasteiger partial charge on any atom is -0.496 e. The molecule has 0 aliphatic carbocycles. The first-order valence-electron chi connectivity index (χ1n) is 8.58. The van der Waals surface area contributed by atoms with Crippen LogP contribution in [0.15, 0.2) is 36.4 Å². The van der Waals surface area contributed by atoms with Crippen molar-refractivity contribution in [3.63, 3.8) is 0 Å². The molecule has 1 amide bonds. The van der Waals surface area contributed by atoms with Crippen molar-refractivity contribution in [2.75, 3.05) is 12.4 Å². The maximum Gasteiger partial charge on any atom is 0.255 e. The number of carbonyl (C=O) groups excluding carboxylic acids is 1. The molecule has 4 heteroatoms. The second kappa shape index (κ2) is 8.06. The van der Waals surface area contributed by atoms with E-state index in [1.54, 1.807) is 7.11 Å². The minimum atomic E-state index is -0.125. The molecular formula is C21H27NO3. The van der Waals surface area contributed by atoms with Gasteiger partial charge in [-0.3, -0.25) is 4.79 Å². The number of ether oxygens (including phenoxy) is 2. The fraction of sp³-hybridized carbons (Fsp3) is 0.381. The van der Waals surface area contributed by atoms with Crippen LogP contribution in [0.5, 0.6) is 11.5 Å². The lowest BCUT2D eigenvalue weighted by Crippen LogP contribution is -2.14. The van der Waals surface area contributed by atoms with E-state index in [0.717, 1.165) is 28.3 Å². The summed E-state index contributed by atoms with van der Waals surface area (Å²) in [7, 11) is 1.65. The van der Waals surface area contributed by atoms with Gasteiger partial charge in [0.1, 0.15) is 11.5 Å². The molecule has 2 rings (SSSR count). The average molecular weight is 341 g/mol. The van der Waals surface area contributed by atoms with Gasteiger partial charge in [0.05, 0.1) is 13.2 Å². The van der Waals surface area contributed by atoms with Crippen LogP contribution in [0.1, 0.15) is 55.1 Å². The molecule has 2 aromatic carbocycles. The number of rotatable bonds is 6. The lowest BCUT2D eigenvalue weighted by atomic mass is 9.96. The molecule has 25 heavy (non-hydrogen) atoms. The maximum absolute atomic E-state index is 12.7. The highest BCUT2D eigenvalue weighted by molar-refractivity contribution is 6.05. The van der Waals surface area contributed by atoms with Gasteiger partial charge < -0.3 is 14.8 Å². The molecule has 0 fully saturated rings. The fourth-order valence-electron chi connectivity index (χ4n) is 2.66. The molecular weight excluding hydrogens is 314 g/mol. The van der Waals surface area contributed by atoms with Crippen LogP contribution in [0.2, 0.25) is 0 Å². The van der Waals surface area contributed by atoms with Gasteiger partial charge in [0.15, 0.2) is 0 Å². The number of aryl methyl sites for hydroxylation is 1. The quantitative estimate of drug-likeness (QED) is 0.789. The highest BCUT2D eigenvalue weighted by Crippen LogP contribution is 2.30. The topological polar surface area (TPSA) is 47.6 Å². The predicted octanol–water partition coefficient (Wildman–Crippen LogP) is 5.17. The van der Waals surface area contributed by atoms with Crippen LogP contribution in [0.4, 0.5) is 5.69 Å². The van der Waals surface area contributed by atoms with Crippen LogP contribution in [0.25, 0.3) is 0 Å². The van der Waals surface area contributed by atoms with E-state index in [9.17, 15) is 4.79 Å². The number of hydrogen-bond acceptors (Lipinski definition) is 3. The van der Waals surface area contributed by atoms with Crippen molar-refractivity contribution in [1.29, 1.82) is 0 Å². The molecule has 0 saturated carbocycles. The third-order valence-corrected chi connectivity index (χ3v) is 3.93. The molecule has 0 atom stereocenters. The number of benzene rings is 2. The Kier molecular flexibility index (Phi) is 6.07. The molecule has 4 nitrogen and oxygen atoms in total. The van der Waals surface area contributed by atoms with Gasteiger partial charge in [-0.2, -0.15) is 0 Å². The van der Waals surface area contributed by atoms with E-state index in [1.165, 1.54) is 0 Å². The van der Waals surface area contributed by atoms with Crippen LogP contribution < -0.4 is 14.8 Å². The highest BCUT2D eigenvalue weighted by Gasteiger charge is 2.16. The van der Waals surface area contributed by atoms with Crippen LogP contribution in [-0.2, 0) is 0 Å². The molecule has 1 N–H and O–H groups in total. The Labute approximate surface area is 150 Å². The second-order valence-electron chi connectivity index (χ2n) is 6.71. The van der Waals surface area contributed by atoms with E-state index in [4.69, 9.17) is 9.47 Å². The lowest BCUT2D eigenvalue weighted by Gasteiger charge is -2.16. The second-order valence-corrected chi connectivity index (χ2v) is 6.71. The number of nitrogens with one attached hydrogen (secondary N) is 1. The average Bonchev–Trinajstić information content (AvgIpc) is 2.55. The van der Waals surface area contributed by atoms with E-state index in [-0.39, 0.29) is 17.9 Å². The number of hydrogen-bond donors (Lipinski definition) is 1. The molecule has 134 valence electrons. The first-order valence-corrected chi connectivity index (χ1v) is 8.58. The zero-order chi connectivity index (χ0) is 18.6. The normalized spacial score (nSPS) is 10.9. The lowest BCUT2D eigenvalue weighted by molar-refractivity contribution is 0.102. The van der Waals surface area contributed by atoms with Crippen LogP contribution >= 0.6 is 0 Å². The van der Waals surface area contributed by atoms with Crippen LogP contribution in [0.3, 0.4) is 0 Å². The molecule has 0 heterocycles. The first kappa shape index (κ1) is 18.8. The van der Waals surface area contributed by atoms with Gasteiger partial charge in [0, 0.05) is 11.3 Å². The first-order chi connectivity index (χ1) is 11.8. The van der Waals surface area contributed by atoms with Gasteiger partial charge in [0.2, 0.25) is 0 Å². The monoisotopic (exact) mass is 341 g/mol. The molecule has 0 aromatic heterocycles. The summed E-state index contributed by atoms with van der Waals surface area (Å²) in [5, 5.41) is 2.95. The number of amides is 1. The van der Waals surface area contributed by atoms with Crippen molar-refractivity contribution in [1.82, 2.24) is 0 Å². The SMILES string of the molecule is COc1cc(C)c(C(=O)Nc2ccc(OC(C)C)cc2)cc1C(C)C. The van der Waals surface area contributed by atoms with E-state index < -0.39 is 0 Å². The highest BCUT2D eigenvalue weighted by atomic mass is 16.5.